The second-order valence-corrected chi connectivity index (χ2v) is 5.61. The van der Waals surface area contributed by atoms with Crippen molar-refractivity contribution in [1.82, 2.24) is 0 Å². The smallest absolute Gasteiger partial charge is 0.314 e. The lowest BCUT2D eigenvalue weighted by molar-refractivity contribution is -0.152. The third-order valence-electron chi connectivity index (χ3n) is 3.85. The molecule has 2 aromatic carbocycles. The molecule has 134 valence electrons. The van der Waals surface area contributed by atoms with Crippen molar-refractivity contribution in [2.75, 3.05) is 13.2 Å². The fourth-order valence-corrected chi connectivity index (χ4v) is 2.71. The minimum atomic E-state index is -0.823. The van der Waals surface area contributed by atoms with Crippen LogP contribution in [0.25, 0.3) is 0 Å². The van der Waals surface area contributed by atoms with Crippen LogP contribution in [0.3, 0.4) is 0 Å². The Balaban J connectivity index is 2.49. The topological polar surface area (TPSA) is 52.6 Å². The molecule has 0 bridgehead atoms. The summed E-state index contributed by atoms with van der Waals surface area (Å²) in [5.74, 6) is -2.65. The molecule has 0 amide bonds. The van der Waals surface area contributed by atoms with Crippen molar-refractivity contribution in [2.45, 2.75) is 11.8 Å². The molecule has 0 fully saturated rings. The van der Waals surface area contributed by atoms with Crippen molar-refractivity contribution >= 4 is 11.9 Å². The lowest BCUT2D eigenvalue weighted by Crippen LogP contribution is -2.29. The van der Waals surface area contributed by atoms with Crippen LogP contribution in [0.15, 0.2) is 86.0 Å². The average Bonchev–Trinajstić information content (AvgIpc) is 2.69. The van der Waals surface area contributed by atoms with E-state index in [4.69, 9.17) is 9.47 Å². The van der Waals surface area contributed by atoms with Crippen LogP contribution in [0.5, 0.6) is 0 Å². The second kappa shape index (κ2) is 9.99. The Morgan fingerprint density at radius 1 is 0.731 bits per heavy atom. The number of benzene rings is 2. The van der Waals surface area contributed by atoms with Gasteiger partial charge in [0, 0.05) is 0 Å². The van der Waals surface area contributed by atoms with Gasteiger partial charge in [-0.1, -0.05) is 86.0 Å². The van der Waals surface area contributed by atoms with Crippen molar-refractivity contribution in [3.8, 4) is 0 Å². The van der Waals surface area contributed by atoms with E-state index in [2.05, 4.69) is 13.2 Å². The molecule has 0 unspecified atom stereocenters. The van der Waals surface area contributed by atoms with E-state index >= 15 is 0 Å². The Bertz CT molecular complexity index is 672. The first-order valence-corrected chi connectivity index (χ1v) is 8.34. The molecular weight excluding hydrogens is 328 g/mol. The van der Waals surface area contributed by atoms with Crippen LogP contribution >= 0.6 is 0 Å². The first-order valence-electron chi connectivity index (χ1n) is 8.34. The molecule has 0 heterocycles. The molecule has 26 heavy (non-hydrogen) atoms. The molecule has 0 aliphatic heterocycles. The zero-order chi connectivity index (χ0) is 18.8. The molecule has 0 radical (unpaired) electrons. The maximum absolute atomic E-state index is 12.8. The Hall–Kier alpha value is -3.14. The van der Waals surface area contributed by atoms with Gasteiger partial charge in [0.25, 0.3) is 0 Å². The van der Waals surface area contributed by atoms with Gasteiger partial charge in [-0.15, -0.1) is 0 Å². The maximum Gasteiger partial charge on any atom is 0.314 e. The van der Waals surface area contributed by atoms with Crippen LogP contribution < -0.4 is 0 Å². The van der Waals surface area contributed by atoms with Gasteiger partial charge in [-0.05, 0) is 11.1 Å². The van der Waals surface area contributed by atoms with Crippen molar-refractivity contribution < 1.29 is 19.1 Å². The van der Waals surface area contributed by atoms with E-state index in [9.17, 15) is 9.59 Å². The van der Waals surface area contributed by atoms with Crippen LogP contribution in [0, 0.1) is 0 Å². The van der Waals surface area contributed by atoms with E-state index in [1.54, 1.807) is 24.3 Å². The van der Waals surface area contributed by atoms with E-state index in [0.717, 1.165) is 0 Å². The highest BCUT2D eigenvalue weighted by atomic mass is 16.5. The van der Waals surface area contributed by atoms with Gasteiger partial charge in [0.15, 0.2) is 0 Å². The third kappa shape index (κ3) is 4.93. The molecule has 2 aromatic rings. The van der Waals surface area contributed by atoms with Gasteiger partial charge in [0.1, 0.15) is 13.2 Å². The summed E-state index contributed by atoms with van der Waals surface area (Å²) in [6.07, 6.45) is 2.99. The van der Waals surface area contributed by atoms with Gasteiger partial charge >= 0.3 is 11.9 Å². The van der Waals surface area contributed by atoms with E-state index < -0.39 is 23.8 Å². The van der Waals surface area contributed by atoms with Gasteiger partial charge in [-0.3, -0.25) is 9.59 Å². The molecule has 0 saturated carbocycles. The normalized spacial score (nSPS) is 12.5. The summed E-state index contributed by atoms with van der Waals surface area (Å²) < 4.78 is 10.6. The number of hydrogen-bond donors (Lipinski definition) is 0. The minimum absolute atomic E-state index is 0.0748. The summed E-state index contributed by atoms with van der Waals surface area (Å²) in [5, 5.41) is 0. The highest BCUT2D eigenvalue weighted by Gasteiger charge is 2.38. The number of rotatable bonds is 9. The van der Waals surface area contributed by atoms with Crippen molar-refractivity contribution in [1.29, 1.82) is 0 Å². The fourth-order valence-electron chi connectivity index (χ4n) is 2.71. The largest absolute Gasteiger partial charge is 0.461 e. The Kier molecular flexibility index (Phi) is 7.37. The number of esters is 2. The molecule has 0 aliphatic carbocycles. The summed E-state index contributed by atoms with van der Waals surface area (Å²) in [6.45, 7) is 7.28. The summed E-state index contributed by atoms with van der Waals surface area (Å²) in [4.78, 5) is 25.6. The van der Waals surface area contributed by atoms with Gasteiger partial charge in [-0.2, -0.15) is 0 Å². The van der Waals surface area contributed by atoms with Gasteiger partial charge in [-0.25, -0.2) is 0 Å². The highest BCUT2D eigenvalue weighted by molar-refractivity contribution is 5.90. The predicted molar refractivity (Wildman–Crippen MR) is 101 cm³/mol. The van der Waals surface area contributed by atoms with Crippen LogP contribution in [-0.4, -0.2) is 25.2 Å². The maximum atomic E-state index is 12.8. The van der Waals surface area contributed by atoms with E-state index in [-0.39, 0.29) is 13.2 Å². The number of carbonyl (C=O) groups is 2. The van der Waals surface area contributed by atoms with Crippen LogP contribution in [-0.2, 0) is 19.1 Å². The number of ether oxygens (including phenoxy) is 2. The SMILES string of the molecule is C=CCOC(=O)[C@H](c1ccccc1)[C@H](C(=O)OCC=C)c1ccccc1. The molecule has 0 spiro atoms. The summed E-state index contributed by atoms with van der Waals surface area (Å²) >= 11 is 0. The Labute approximate surface area is 153 Å². The Morgan fingerprint density at radius 3 is 1.38 bits per heavy atom. The molecule has 0 N–H and O–H groups in total. The molecule has 0 saturated heterocycles. The lowest BCUT2D eigenvalue weighted by Gasteiger charge is -2.25. The molecular formula is C22H22O4. The lowest BCUT2D eigenvalue weighted by atomic mass is 9.81. The fraction of sp³-hybridized carbons (Fsp3) is 0.182. The van der Waals surface area contributed by atoms with Crippen LogP contribution in [0.4, 0.5) is 0 Å². The third-order valence-corrected chi connectivity index (χ3v) is 3.85. The quantitative estimate of drug-likeness (QED) is 0.506. The first kappa shape index (κ1) is 19.2. The predicted octanol–water partition coefficient (Wildman–Crippen LogP) is 4.01. The van der Waals surface area contributed by atoms with Crippen molar-refractivity contribution in [2.24, 2.45) is 0 Å². The van der Waals surface area contributed by atoms with Gasteiger partial charge in [0.2, 0.25) is 0 Å². The molecule has 2 atom stereocenters. The minimum Gasteiger partial charge on any atom is -0.461 e. The van der Waals surface area contributed by atoms with Crippen LogP contribution in [0.2, 0.25) is 0 Å². The second-order valence-electron chi connectivity index (χ2n) is 5.61. The number of hydrogen-bond acceptors (Lipinski definition) is 4. The van der Waals surface area contributed by atoms with Crippen molar-refractivity contribution in [3.63, 3.8) is 0 Å². The average molecular weight is 350 g/mol. The first-order chi connectivity index (χ1) is 12.7. The monoisotopic (exact) mass is 350 g/mol. The zero-order valence-corrected chi connectivity index (χ0v) is 14.5. The van der Waals surface area contributed by atoms with E-state index in [1.165, 1.54) is 12.2 Å². The van der Waals surface area contributed by atoms with E-state index in [1.807, 2.05) is 36.4 Å². The van der Waals surface area contributed by atoms with Gasteiger partial charge < -0.3 is 9.47 Å². The van der Waals surface area contributed by atoms with Gasteiger partial charge in [0.05, 0.1) is 11.8 Å². The standard InChI is InChI=1S/C22H22O4/c1-3-15-25-21(23)19(17-11-7-5-8-12-17)20(22(24)26-16-4-2)18-13-9-6-10-14-18/h3-14,19-20H,1-2,15-16H2/t19-,20-/m1/s1. The van der Waals surface area contributed by atoms with Crippen LogP contribution in [0.1, 0.15) is 23.0 Å². The van der Waals surface area contributed by atoms with E-state index in [0.29, 0.717) is 11.1 Å². The molecule has 4 heteroatoms. The highest BCUT2D eigenvalue weighted by Crippen LogP contribution is 2.35. The zero-order valence-electron chi connectivity index (χ0n) is 14.5. The molecule has 4 nitrogen and oxygen atoms in total. The molecule has 2 rings (SSSR count). The molecule has 0 aliphatic rings. The molecule has 0 aromatic heterocycles. The summed E-state index contributed by atoms with van der Waals surface area (Å²) in [5.41, 5.74) is 1.37. The number of carbonyl (C=O) groups excluding carboxylic acids is 2. The van der Waals surface area contributed by atoms with Crippen molar-refractivity contribution in [3.05, 3.63) is 97.1 Å². The Morgan fingerprint density at radius 2 is 1.08 bits per heavy atom. The summed E-state index contributed by atoms with van der Waals surface area (Å²) in [7, 11) is 0. The summed E-state index contributed by atoms with van der Waals surface area (Å²) in [6, 6.07) is 18.2.